The van der Waals surface area contributed by atoms with E-state index in [1.165, 1.54) is 6.20 Å². The lowest BCUT2D eigenvalue weighted by Gasteiger charge is -2.21. The third kappa shape index (κ3) is 6.83. The Morgan fingerprint density at radius 2 is 1.77 bits per heavy atom. The van der Waals surface area contributed by atoms with Gasteiger partial charge in [-0.05, 0) is 38.8 Å². The smallest absolute Gasteiger partial charge is 0.411 e. The number of ketones is 1. The number of anilines is 1. The van der Waals surface area contributed by atoms with E-state index in [2.05, 4.69) is 35.5 Å². The number of methoxy groups -OCH3 is 1. The highest BCUT2D eigenvalue weighted by molar-refractivity contribution is 5.98. The minimum atomic E-state index is -1.04. The Balaban J connectivity index is 1.60. The summed E-state index contributed by atoms with van der Waals surface area (Å²) in [5.41, 5.74) is 0.439. The van der Waals surface area contributed by atoms with E-state index in [1.54, 1.807) is 44.2 Å². The maximum Gasteiger partial charge on any atom is 0.411 e. The van der Waals surface area contributed by atoms with Crippen molar-refractivity contribution in [2.45, 2.75) is 52.6 Å². The highest BCUT2D eigenvalue weighted by Crippen LogP contribution is 2.29. The largest absolute Gasteiger partial charge is 0.453 e. The number of rotatable bonds is 10. The van der Waals surface area contributed by atoms with E-state index in [1.807, 2.05) is 39.0 Å². The molecule has 1 aromatic carbocycles. The molecule has 0 bridgehead atoms. The fourth-order valence-corrected chi connectivity index (χ4v) is 4.31. The first-order valence-corrected chi connectivity index (χ1v) is 13.5. The van der Waals surface area contributed by atoms with Crippen molar-refractivity contribution < 1.29 is 23.5 Å². The van der Waals surface area contributed by atoms with Gasteiger partial charge >= 0.3 is 6.09 Å². The number of hydrogen-bond donors (Lipinski definition) is 2. The van der Waals surface area contributed by atoms with Crippen LogP contribution in [0.1, 0.15) is 55.7 Å². The van der Waals surface area contributed by atoms with Crippen LogP contribution in [0.2, 0.25) is 0 Å². The summed E-state index contributed by atoms with van der Waals surface area (Å²) in [7, 11) is 1.16. The molecule has 4 rings (SSSR count). The number of pyridine rings is 1. The standard InChI is InChI=1S/C30H33N7O6/c1-17(2)23(24(39)26-35-36-28(43-26)30(4,5)21-14-10-11-18(3)32-21)34-22(38)16-37-25(19-12-8-7-9-13-19)31-15-20(27(37)40)33-29(41)42-6/h7-15,17,23H,16H2,1-6H3,(H,33,41)(H,34,38). The first kappa shape index (κ1) is 30.8. The second-order valence-corrected chi connectivity index (χ2v) is 10.7. The quantitative estimate of drug-likeness (QED) is 0.262. The van der Waals surface area contributed by atoms with Crippen molar-refractivity contribution in [3.63, 3.8) is 0 Å². The van der Waals surface area contributed by atoms with Crippen LogP contribution in [0.4, 0.5) is 10.5 Å². The molecule has 4 aromatic rings. The van der Waals surface area contributed by atoms with Crippen LogP contribution in [-0.2, 0) is 21.5 Å². The minimum Gasteiger partial charge on any atom is -0.453 e. The summed E-state index contributed by atoms with van der Waals surface area (Å²) in [6, 6.07) is 13.3. The fraction of sp³-hybridized carbons (Fsp3) is 0.333. The van der Waals surface area contributed by atoms with Gasteiger partial charge in [0, 0.05) is 11.3 Å². The van der Waals surface area contributed by atoms with E-state index in [9.17, 15) is 19.2 Å². The zero-order valence-electron chi connectivity index (χ0n) is 24.7. The van der Waals surface area contributed by atoms with Gasteiger partial charge in [-0.15, -0.1) is 10.2 Å². The second kappa shape index (κ2) is 12.8. The van der Waals surface area contributed by atoms with Gasteiger partial charge in [-0.1, -0.05) is 50.2 Å². The Morgan fingerprint density at radius 1 is 1.05 bits per heavy atom. The Labute approximate surface area is 247 Å². The van der Waals surface area contributed by atoms with E-state index in [0.29, 0.717) is 11.3 Å². The van der Waals surface area contributed by atoms with Gasteiger partial charge in [-0.2, -0.15) is 0 Å². The van der Waals surface area contributed by atoms with Crippen molar-refractivity contribution in [1.29, 1.82) is 0 Å². The number of ether oxygens (including phenoxy) is 1. The maximum atomic E-state index is 13.5. The van der Waals surface area contributed by atoms with Gasteiger partial charge in [0.1, 0.15) is 18.1 Å². The van der Waals surface area contributed by atoms with Gasteiger partial charge in [0.2, 0.25) is 17.6 Å². The lowest BCUT2D eigenvalue weighted by atomic mass is 9.88. The molecule has 1 unspecified atom stereocenters. The second-order valence-electron chi connectivity index (χ2n) is 10.7. The number of carbonyl (C=O) groups is 3. The molecule has 3 aromatic heterocycles. The van der Waals surface area contributed by atoms with Crippen LogP contribution in [0.3, 0.4) is 0 Å². The molecule has 0 radical (unpaired) electrons. The molecule has 2 N–H and O–H groups in total. The molecule has 0 saturated carbocycles. The first-order chi connectivity index (χ1) is 20.4. The molecule has 0 aliphatic rings. The Bertz CT molecular complexity index is 1690. The average molecular weight is 588 g/mol. The summed E-state index contributed by atoms with van der Waals surface area (Å²) >= 11 is 0. The highest BCUT2D eigenvalue weighted by atomic mass is 16.5. The van der Waals surface area contributed by atoms with Crippen LogP contribution < -0.4 is 16.2 Å². The van der Waals surface area contributed by atoms with E-state index in [0.717, 1.165) is 17.4 Å². The van der Waals surface area contributed by atoms with Gasteiger partial charge < -0.3 is 14.5 Å². The van der Waals surface area contributed by atoms with E-state index >= 15 is 0 Å². The molecule has 0 saturated heterocycles. The molecule has 43 heavy (non-hydrogen) atoms. The lowest BCUT2D eigenvalue weighted by molar-refractivity contribution is -0.122. The molecule has 0 fully saturated rings. The van der Waals surface area contributed by atoms with Crippen LogP contribution >= 0.6 is 0 Å². The number of amides is 2. The fourth-order valence-electron chi connectivity index (χ4n) is 4.31. The summed E-state index contributed by atoms with van der Waals surface area (Å²) in [4.78, 5) is 60.8. The predicted octanol–water partition coefficient (Wildman–Crippen LogP) is 3.52. The van der Waals surface area contributed by atoms with Crippen molar-refractivity contribution in [2.75, 3.05) is 12.4 Å². The molecule has 224 valence electrons. The summed E-state index contributed by atoms with van der Waals surface area (Å²) in [5, 5.41) is 13.1. The van der Waals surface area contributed by atoms with Crippen molar-refractivity contribution in [3.05, 3.63) is 88.3 Å². The number of benzene rings is 1. The van der Waals surface area contributed by atoms with Crippen molar-refractivity contribution in [3.8, 4) is 11.4 Å². The van der Waals surface area contributed by atoms with E-state index in [4.69, 9.17) is 4.42 Å². The zero-order chi connectivity index (χ0) is 31.3. The van der Waals surface area contributed by atoms with Crippen LogP contribution in [0, 0.1) is 12.8 Å². The number of Topliss-reactive ketones (excluding diaryl/α,β-unsaturated/α-hetero) is 1. The van der Waals surface area contributed by atoms with Crippen molar-refractivity contribution >= 4 is 23.5 Å². The lowest BCUT2D eigenvalue weighted by Crippen LogP contribution is -2.46. The molecule has 1 atom stereocenters. The minimum absolute atomic E-state index is 0.181. The number of carbonyl (C=O) groups excluding carboxylic acids is 3. The van der Waals surface area contributed by atoms with Gasteiger partial charge in [0.15, 0.2) is 0 Å². The number of nitrogens with one attached hydrogen (secondary N) is 2. The summed E-state index contributed by atoms with van der Waals surface area (Å²) < 4.78 is 11.5. The molecular weight excluding hydrogens is 554 g/mol. The number of hydrogen-bond acceptors (Lipinski definition) is 10. The van der Waals surface area contributed by atoms with Crippen molar-refractivity contribution in [2.24, 2.45) is 5.92 Å². The maximum absolute atomic E-state index is 13.5. The van der Waals surface area contributed by atoms with Gasteiger partial charge in [-0.25, -0.2) is 9.78 Å². The van der Waals surface area contributed by atoms with Gasteiger partial charge in [0.25, 0.3) is 11.4 Å². The molecule has 0 aliphatic heterocycles. The summed E-state index contributed by atoms with van der Waals surface area (Å²) in [5.74, 6) is -1.46. The van der Waals surface area contributed by atoms with Crippen LogP contribution in [0.25, 0.3) is 11.4 Å². The molecule has 3 heterocycles. The van der Waals surface area contributed by atoms with Crippen LogP contribution in [0.15, 0.2) is 63.9 Å². The SMILES string of the molecule is COC(=O)Nc1cnc(-c2ccccc2)n(CC(=O)NC(C(=O)c2nnc(C(C)(C)c3cccc(C)n3)o2)C(C)C)c1=O. The Kier molecular flexibility index (Phi) is 9.12. The van der Waals surface area contributed by atoms with E-state index in [-0.39, 0.29) is 29.2 Å². The topological polar surface area (TPSA) is 171 Å². The molecule has 13 heteroatoms. The Morgan fingerprint density at radius 3 is 2.42 bits per heavy atom. The van der Waals surface area contributed by atoms with Gasteiger partial charge in [-0.3, -0.25) is 29.3 Å². The van der Waals surface area contributed by atoms with E-state index < -0.39 is 41.3 Å². The third-order valence-corrected chi connectivity index (χ3v) is 6.77. The molecule has 0 spiro atoms. The molecule has 2 amide bonds. The summed E-state index contributed by atoms with van der Waals surface area (Å²) in [6.45, 7) is 8.60. The predicted molar refractivity (Wildman–Crippen MR) is 156 cm³/mol. The molecule has 13 nitrogen and oxygen atoms in total. The van der Waals surface area contributed by atoms with Crippen LogP contribution in [-0.4, -0.2) is 55.7 Å². The highest BCUT2D eigenvalue weighted by Gasteiger charge is 2.35. The average Bonchev–Trinajstić information content (AvgIpc) is 3.49. The monoisotopic (exact) mass is 587 g/mol. The molecular formula is C30H33N7O6. The zero-order valence-corrected chi connectivity index (χ0v) is 24.7. The molecule has 0 aliphatic carbocycles. The first-order valence-electron chi connectivity index (χ1n) is 13.5. The number of aryl methyl sites for hydroxylation is 1. The Hall–Kier alpha value is -5.20. The van der Waals surface area contributed by atoms with Gasteiger partial charge in [0.05, 0.1) is 30.5 Å². The summed E-state index contributed by atoms with van der Waals surface area (Å²) in [6.07, 6.45) is 0.324. The normalized spacial score (nSPS) is 12.1. The number of aromatic nitrogens is 5. The number of nitrogens with zero attached hydrogens (tertiary/aromatic N) is 5. The van der Waals surface area contributed by atoms with Crippen molar-refractivity contribution in [1.82, 2.24) is 30.0 Å². The third-order valence-electron chi connectivity index (χ3n) is 6.77. The van der Waals surface area contributed by atoms with Crippen LogP contribution in [0.5, 0.6) is 0 Å².